The number of aromatic nitrogens is 5. The zero-order valence-corrected chi connectivity index (χ0v) is 10.2. The van der Waals surface area contributed by atoms with E-state index in [2.05, 4.69) is 29.7 Å². The Kier molecular flexibility index (Phi) is 3.10. The molecule has 1 N–H and O–H groups in total. The number of piperidine rings is 1. The molecule has 0 bridgehead atoms. The standard InChI is InChI=1S/C10H14N6S/c1-2-8(10-11-7-12-14-10)4-16(3-1)5-9-6-17-15-13-9/h6-8H,1-5H2,(H,11,12,14). The van der Waals surface area contributed by atoms with Gasteiger partial charge in [-0.25, -0.2) is 4.98 Å². The number of hydrogen-bond donors (Lipinski definition) is 1. The number of likely N-dealkylation sites (tertiary alicyclic amines) is 1. The number of nitrogens with zero attached hydrogens (tertiary/aromatic N) is 5. The molecule has 17 heavy (non-hydrogen) atoms. The fraction of sp³-hybridized carbons (Fsp3) is 0.600. The van der Waals surface area contributed by atoms with E-state index in [4.69, 9.17) is 0 Å². The fourth-order valence-corrected chi connectivity index (χ4v) is 2.76. The van der Waals surface area contributed by atoms with Crippen LogP contribution in [0.2, 0.25) is 0 Å². The predicted molar refractivity (Wildman–Crippen MR) is 63.5 cm³/mol. The first-order chi connectivity index (χ1) is 8.42. The highest BCUT2D eigenvalue weighted by Crippen LogP contribution is 2.24. The van der Waals surface area contributed by atoms with Crippen molar-refractivity contribution in [2.75, 3.05) is 13.1 Å². The molecule has 1 atom stereocenters. The Balaban J connectivity index is 1.64. The molecular weight excluding hydrogens is 236 g/mol. The molecule has 0 radical (unpaired) electrons. The molecular formula is C10H14N6S. The number of H-pyrrole nitrogens is 1. The van der Waals surface area contributed by atoms with Crippen molar-refractivity contribution in [3.8, 4) is 0 Å². The number of nitrogens with one attached hydrogen (secondary N) is 1. The van der Waals surface area contributed by atoms with Crippen LogP contribution in [0.25, 0.3) is 0 Å². The maximum Gasteiger partial charge on any atom is 0.137 e. The van der Waals surface area contributed by atoms with Crippen molar-refractivity contribution in [2.45, 2.75) is 25.3 Å². The van der Waals surface area contributed by atoms with E-state index in [9.17, 15) is 0 Å². The number of aromatic amines is 1. The van der Waals surface area contributed by atoms with Crippen molar-refractivity contribution in [3.05, 3.63) is 23.2 Å². The summed E-state index contributed by atoms with van der Waals surface area (Å²) in [6.07, 6.45) is 3.96. The normalized spacial score (nSPS) is 21.8. The van der Waals surface area contributed by atoms with E-state index in [-0.39, 0.29) is 0 Å². The first kappa shape index (κ1) is 10.8. The van der Waals surface area contributed by atoms with E-state index in [1.54, 1.807) is 6.33 Å². The summed E-state index contributed by atoms with van der Waals surface area (Å²) in [7, 11) is 0. The second kappa shape index (κ2) is 4.89. The van der Waals surface area contributed by atoms with Gasteiger partial charge in [-0.2, -0.15) is 5.10 Å². The predicted octanol–water partition coefficient (Wildman–Crippen LogP) is 1.04. The lowest BCUT2D eigenvalue weighted by molar-refractivity contribution is 0.194. The number of rotatable bonds is 3. The molecule has 0 saturated carbocycles. The highest BCUT2D eigenvalue weighted by Gasteiger charge is 2.23. The molecule has 2 aromatic rings. The summed E-state index contributed by atoms with van der Waals surface area (Å²) >= 11 is 1.41. The minimum Gasteiger partial charge on any atom is -0.297 e. The van der Waals surface area contributed by atoms with Gasteiger partial charge in [0.2, 0.25) is 0 Å². The molecule has 0 aliphatic carbocycles. The van der Waals surface area contributed by atoms with Gasteiger partial charge in [-0.3, -0.25) is 10.00 Å². The Hall–Kier alpha value is -1.34. The maximum absolute atomic E-state index is 4.25. The molecule has 7 heteroatoms. The SMILES string of the molecule is c1n[nH]c(C2CCCN(Cc3csnn3)C2)n1. The molecule has 2 aromatic heterocycles. The lowest BCUT2D eigenvalue weighted by Crippen LogP contribution is -2.34. The second-order valence-corrected chi connectivity index (χ2v) is 4.95. The van der Waals surface area contributed by atoms with Gasteiger partial charge in [-0.15, -0.1) is 5.10 Å². The topological polar surface area (TPSA) is 70.6 Å². The second-order valence-electron chi connectivity index (χ2n) is 4.34. The highest BCUT2D eigenvalue weighted by molar-refractivity contribution is 7.03. The molecule has 1 saturated heterocycles. The van der Waals surface area contributed by atoms with Crippen molar-refractivity contribution in [1.29, 1.82) is 0 Å². The van der Waals surface area contributed by atoms with Crippen molar-refractivity contribution in [3.63, 3.8) is 0 Å². The largest absolute Gasteiger partial charge is 0.297 e. The summed E-state index contributed by atoms with van der Waals surface area (Å²) in [5.41, 5.74) is 1.06. The first-order valence-electron chi connectivity index (χ1n) is 5.75. The van der Waals surface area contributed by atoms with Crippen LogP contribution >= 0.6 is 11.5 Å². The lowest BCUT2D eigenvalue weighted by atomic mass is 9.97. The van der Waals surface area contributed by atoms with E-state index in [1.807, 2.05) is 5.38 Å². The van der Waals surface area contributed by atoms with Crippen LogP contribution in [0.1, 0.15) is 30.3 Å². The van der Waals surface area contributed by atoms with Gasteiger partial charge in [-0.05, 0) is 30.9 Å². The molecule has 90 valence electrons. The van der Waals surface area contributed by atoms with Gasteiger partial charge in [0.1, 0.15) is 12.2 Å². The molecule has 1 aliphatic heterocycles. The Morgan fingerprint density at radius 1 is 1.53 bits per heavy atom. The average molecular weight is 250 g/mol. The van der Waals surface area contributed by atoms with Crippen LogP contribution < -0.4 is 0 Å². The van der Waals surface area contributed by atoms with Crippen LogP contribution in [-0.4, -0.2) is 42.8 Å². The van der Waals surface area contributed by atoms with Crippen molar-refractivity contribution in [2.24, 2.45) is 0 Å². The monoisotopic (exact) mass is 250 g/mol. The Labute approximate surface area is 103 Å². The smallest absolute Gasteiger partial charge is 0.137 e. The van der Waals surface area contributed by atoms with Gasteiger partial charge in [-0.1, -0.05) is 4.49 Å². The quantitative estimate of drug-likeness (QED) is 0.881. The molecule has 0 aromatic carbocycles. The Morgan fingerprint density at radius 3 is 3.29 bits per heavy atom. The van der Waals surface area contributed by atoms with Gasteiger partial charge in [0.25, 0.3) is 0 Å². The Bertz CT molecular complexity index is 439. The molecule has 1 unspecified atom stereocenters. The van der Waals surface area contributed by atoms with E-state index in [1.165, 1.54) is 24.4 Å². The van der Waals surface area contributed by atoms with Crippen molar-refractivity contribution in [1.82, 2.24) is 29.7 Å². The third-order valence-electron chi connectivity index (χ3n) is 3.12. The van der Waals surface area contributed by atoms with Gasteiger partial charge in [0.05, 0.1) is 5.69 Å². The van der Waals surface area contributed by atoms with E-state index in [0.717, 1.165) is 31.2 Å². The third-order valence-corrected chi connectivity index (χ3v) is 3.67. The summed E-state index contributed by atoms with van der Waals surface area (Å²) in [6.45, 7) is 3.04. The molecule has 0 spiro atoms. The van der Waals surface area contributed by atoms with Crippen LogP contribution in [0.15, 0.2) is 11.7 Å². The minimum absolute atomic E-state index is 0.470. The van der Waals surface area contributed by atoms with Crippen LogP contribution in [-0.2, 0) is 6.54 Å². The van der Waals surface area contributed by atoms with Gasteiger partial charge in [0.15, 0.2) is 0 Å². The summed E-state index contributed by atoms with van der Waals surface area (Å²) < 4.78 is 3.89. The minimum atomic E-state index is 0.470. The van der Waals surface area contributed by atoms with Crippen molar-refractivity contribution < 1.29 is 0 Å². The summed E-state index contributed by atoms with van der Waals surface area (Å²) in [6, 6.07) is 0. The average Bonchev–Trinajstić information content (AvgIpc) is 3.01. The first-order valence-corrected chi connectivity index (χ1v) is 6.59. The summed E-state index contributed by atoms with van der Waals surface area (Å²) in [5, 5.41) is 13.0. The Morgan fingerprint density at radius 2 is 2.53 bits per heavy atom. The number of hydrogen-bond acceptors (Lipinski definition) is 6. The third kappa shape index (κ3) is 2.50. The van der Waals surface area contributed by atoms with Gasteiger partial charge >= 0.3 is 0 Å². The van der Waals surface area contributed by atoms with Crippen LogP contribution in [0.4, 0.5) is 0 Å². The van der Waals surface area contributed by atoms with Crippen LogP contribution in [0.3, 0.4) is 0 Å². The van der Waals surface area contributed by atoms with Crippen LogP contribution in [0.5, 0.6) is 0 Å². The maximum atomic E-state index is 4.25. The fourth-order valence-electron chi connectivity index (χ4n) is 2.32. The van der Waals surface area contributed by atoms with E-state index < -0.39 is 0 Å². The van der Waals surface area contributed by atoms with E-state index in [0.29, 0.717) is 5.92 Å². The van der Waals surface area contributed by atoms with Crippen LogP contribution in [0, 0.1) is 0 Å². The lowest BCUT2D eigenvalue weighted by Gasteiger charge is -2.30. The molecule has 3 rings (SSSR count). The molecule has 3 heterocycles. The summed E-state index contributed by atoms with van der Waals surface area (Å²) in [4.78, 5) is 6.66. The zero-order valence-electron chi connectivity index (χ0n) is 9.41. The molecule has 6 nitrogen and oxygen atoms in total. The van der Waals surface area contributed by atoms with Gasteiger partial charge in [0, 0.05) is 24.4 Å². The van der Waals surface area contributed by atoms with Gasteiger partial charge < -0.3 is 0 Å². The zero-order chi connectivity index (χ0) is 11.5. The molecule has 1 aliphatic rings. The highest BCUT2D eigenvalue weighted by atomic mass is 32.1. The molecule has 0 amide bonds. The van der Waals surface area contributed by atoms with E-state index >= 15 is 0 Å². The molecule has 1 fully saturated rings. The summed E-state index contributed by atoms with van der Waals surface area (Å²) in [5.74, 6) is 1.48. The van der Waals surface area contributed by atoms with Crippen molar-refractivity contribution >= 4 is 11.5 Å².